The summed E-state index contributed by atoms with van der Waals surface area (Å²) >= 11 is 0. The number of ether oxygens (including phenoxy) is 2. The van der Waals surface area contributed by atoms with E-state index in [1.807, 2.05) is 24.3 Å². The topological polar surface area (TPSA) is 75.2 Å². The number of likely N-dealkylation sites (tertiary alicyclic amines) is 1. The van der Waals surface area contributed by atoms with Gasteiger partial charge in [0.2, 0.25) is 0 Å². The Morgan fingerprint density at radius 2 is 2.04 bits per heavy atom. The van der Waals surface area contributed by atoms with Gasteiger partial charge in [-0.1, -0.05) is 12.1 Å². The van der Waals surface area contributed by atoms with Crippen LogP contribution >= 0.6 is 24.0 Å². The lowest BCUT2D eigenvalue weighted by Gasteiger charge is -2.22. The van der Waals surface area contributed by atoms with Gasteiger partial charge in [-0.05, 0) is 24.1 Å². The highest BCUT2D eigenvalue weighted by Crippen LogP contribution is 2.16. The number of amides is 1. The van der Waals surface area contributed by atoms with E-state index < -0.39 is 0 Å². The number of benzene rings is 1. The predicted molar refractivity (Wildman–Crippen MR) is 118 cm³/mol. The zero-order valence-corrected chi connectivity index (χ0v) is 18.7. The largest absolute Gasteiger partial charge is 0.382 e. The number of carbonyl (C=O) groups is 1. The van der Waals surface area contributed by atoms with Gasteiger partial charge in [-0.3, -0.25) is 9.79 Å². The van der Waals surface area contributed by atoms with Gasteiger partial charge in [-0.15, -0.1) is 24.0 Å². The van der Waals surface area contributed by atoms with Crippen molar-refractivity contribution in [3.63, 3.8) is 0 Å². The number of nitrogens with zero attached hydrogens (tertiary/aromatic N) is 2. The smallest absolute Gasteiger partial charge is 0.251 e. The molecule has 1 aromatic carbocycles. The molecule has 0 saturated carbocycles. The number of carbonyl (C=O) groups excluding carboxylic acids is 1. The molecule has 8 heteroatoms. The number of aliphatic imine (C=N–C) groups is 1. The van der Waals surface area contributed by atoms with Gasteiger partial charge in [0.25, 0.3) is 5.91 Å². The molecule has 0 aliphatic carbocycles. The number of methoxy groups -OCH3 is 1. The van der Waals surface area contributed by atoms with Crippen LogP contribution in [0.5, 0.6) is 0 Å². The lowest BCUT2D eigenvalue weighted by atomic mass is 10.1. The maximum atomic E-state index is 11.6. The van der Waals surface area contributed by atoms with Gasteiger partial charge in [0, 0.05) is 52.3 Å². The molecule has 1 aliphatic heterocycles. The zero-order valence-electron chi connectivity index (χ0n) is 16.4. The highest BCUT2D eigenvalue weighted by atomic mass is 127. The summed E-state index contributed by atoms with van der Waals surface area (Å²) in [7, 11) is 5.12. The summed E-state index contributed by atoms with van der Waals surface area (Å²) in [6, 6.07) is 7.59. The zero-order chi connectivity index (χ0) is 18.8. The lowest BCUT2D eigenvalue weighted by Crippen LogP contribution is -2.39. The minimum Gasteiger partial charge on any atom is -0.382 e. The molecule has 2 N–H and O–H groups in total. The first-order valence-electron chi connectivity index (χ1n) is 9.01. The standard InChI is InChI=1S/C19H30N4O3.HI/c1-20-18(24)17-6-4-15(5-7-17)12-22-19(21-2)23-9-8-16(13-23)14-26-11-10-25-3;/h4-7,16H,8-14H2,1-3H3,(H,20,24)(H,21,22);1H. The van der Waals surface area contributed by atoms with Gasteiger partial charge in [0.05, 0.1) is 19.8 Å². The molecule has 1 atom stereocenters. The van der Waals surface area contributed by atoms with E-state index in [9.17, 15) is 4.79 Å². The molecule has 1 fully saturated rings. The van der Waals surface area contributed by atoms with Crippen molar-refractivity contribution >= 4 is 35.8 Å². The molecule has 1 amide bonds. The third-order valence-electron chi connectivity index (χ3n) is 4.48. The number of halogens is 1. The van der Waals surface area contributed by atoms with Gasteiger partial charge in [-0.2, -0.15) is 0 Å². The van der Waals surface area contributed by atoms with Crippen LogP contribution in [0.25, 0.3) is 0 Å². The van der Waals surface area contributed by atoms with Gasteiger partial charge in [0.15, 0.2) is 5.96 Å². The molecule has 0 aromatic heterocycles. The van der Waals surface area contributed by atoms with Crippen molar-refractivity contribution in [1.29, 1.82) is 0 Å². The monoisotopic (exact) mass is 490 g/mol. The molecule has 1 saturated heterocycles. The van der Waals surface area contributed by atoms with E-state index in [1.54, 1.807) is 21.2 Å². The van der Waals surface area contributed by atoms with Crippen molar-refractivity contribution in [2.75, 3.05) is 54.1 Å². The quantitative estimate of drug-likeness (QED) is 0.251. The molecule has 0 spiro atoms. The summed E-state index contributed by atoms with van der Waals surface area (Å²) in [4.78, 5) is 18.2. The first kappa shape index (κ1) is 23.6. The molecule has 2 rings (SSSR count). The number of guanidine groups is 1. The Hall–Kier alpha value is -1.39. The summed E-state index contributed by atoms with van der Waals surface area (Å²) in [5, 5.41) is 6.03. The van der Waals surface area contributed by atoms with Crippen LogP contribution < -0.4 is 10.6 Å². The van der Waals surface area contributed by atoms with Crippen molar-refractivity contribution in [3.05, 3.63) is 35.4 Å². The van der Waals surface area contributed by atoms with Crippen LogP contribution in [-0.2, 0) is 16.0 Å². The van der Waals surface area contributed by atoms with Crippen molar-refractivity contribution in [3.8, 4) is 0 Å². The van der Waals surface area contributed by atoms with E-state index in [2.05, 4.69) is 20.5 Å². The Morgan fingerprint density at radius 3 is 2.67 bits per heavy atom. The van der Waals surface area contributed by atoms with Gasteiger partial charge in [-0.25, -0.2) is 0 Å². The van der Waals surface area contributed by atoms with E-state index >= 15 is 0 Å². The second kappa shape index (κ2) is 12.9. The summed E-state index contributed by atoms with van der Waals surface area (Å²) in [6.45, 7) is 4.64. The predicted octanol–water partition coefficient (Wildman–Crippen LogP) is 1.72. The normalized spacial score (nSPS) is 16.8. The second-order valence-corrected chi connectivity index (χ2v) is 6.35. The summed E-state index contributed by atoms with van der Waals surface area (Å²) in [5.74, 6) is 1.35. The third kappa shape index (κ3) is 7.63. The van der Waals surface area contributed by atoms with E-state index in [4.69, 9.17) is 9.47 Å². The Bertz CT molecular complexity index is 595. The van der Waals surface area contributed by atoms with Gasteiger partial charge < -0.3 is 25.0 Å². The van der Waals surface area contributed by atoms with E-state index in [0.717, 1.165) is 37.6 Å². The minimum absolute atomic E-state index is 0. The van der Waals surface area contributed by atoms with Crippen LogP contribution in [0.4, 0.5) is 0 Å². The van der Waals surface area contributed by atoms with E-state index in [1.165, 1.54) is 0 Å². The molecule has 0 bridgehead atoms. The third-order valence-corrected chi connectivity index (χ3v) is 4.48. The molecule has 1 aliphatic rings. The molecule has 0 radical (unpaired) electrons. The van der Waals surface area contributed by atoms with Crippen molar-refractivity contribution in [2.24, 2.45) is 10.9 Å². The van der Waals surface area contributed by atoms with Crippen molar-refractivity contribution in [1.82, 2.24) is 15.5 Å². The van der Waals surface area contributed by atoms with Crippen LogP contribution in [0.15, 0.2) is 29.3 Å². The Kier molecular flexibility index (Phi) is 11.3. The fourth-order valence-electron chi connectivity index (χ4n) is 2.99. The Morgan fingerprint density at radius 1 is 1.30 bits per heavy atom. The van der Waals surface area contributed by atoms with Crippen LogP contribution in [-0.4, -0.2) is 70.9 Å². The fourth-order valence-corrected chi connectivity index (χ4v) is 2.99. The minimum atomic E-state index is -0.0730. The van der Waals surface area contributed by atoms with Crippen molar-refractivity contribution < 1.29 is 14.3 Å². The van der Waals surface area contributed by atoms with Crippen LogP contribution in [0.1, 0.15) is 22.3 Å². The molecule has 7 nitrogen and oxygen atoms in total. The van der Waals surface area contributed by atoms with Crippen molar-refractivity contribution in [2.45, 2.75) is 13.0 Å². The molecule has 1 heterocycles. The highest BCUT2D eigenvalue weighted by Gasteiger charge is 2.24. The van der Waals surface area contributed by atoms with E-state index in [0.29, 0.717) is 31.2 Å². The van der Waals surface area contributed by atoms with E-state index in [-0.39, 0.29) is 29.9 Å². The van der Waals surface area contributed by atoms with Crippen LogP contribution in [0, 0.1) is 5.92 Å². The first-order valence-corrected chi connectivity index (χ1v) is 9.01. The van der Waals surface area contributed by atoms with Crippen LogP contribution in [0.2, 0.25) is 0 Å². The first-order chi connectivity index (χ1) is 12.7. The maximum absolute atomic E-state index is 11.6. The molecule has 1 unspecified atom stereocenters. The van der Waals surface area contributed by atoms with Gasteiger partial charge in [0.1, 0.15) is 0 Å². The number of hydrogen-bond donors (Lipinski definition) is 2. The Balaban J connectivity index is 0.00000364. The molecule has 1 aromatic rings. The molecule has 27 heavy (non-hydrogen) atoms. The molecule has 152 valence electrons. The molecular weight excluding hydrogens is 459 g/mol. The van der Waals surface area contributed by atoms with Gasteiger partial charge >= 0.3 is 0 Å². The highest BCUT2D eigenvalue weighted by molar-refractivity contribution is 14.0. The number of nitrogens with one attached hydrogen (secondary N) is 2. The van der Waals surface area contributed by atoms with Crippen LogP contribution in [0.3, 0.4) is 0 Å². The lowest BCUT2D eigenvalue weighted by molar-refractivity contribution is 0.0536. The SMILES string of the molecule is CN=C(NCc1ccc(C(=O)NC)cc1)N1CCC(COCCOC)C1.I. The second-order valence-electron chi connectivity index (χ2n) is 6.35. The summed E-state index contributed by atoms with van der Waals surface area (Å²) < 4.78 is 10.6. The molecular formula is C19H31IN4O3. The number of rotatable bonds is 8. The Labute approximate surface area is 178 Å². The summed E-state index contributed by atoms with van der Waals surface area (Å²) in [5.41, 5.74) is 1.77. The fraction of sp³-hybridized carbons (Fsp3) is 0.579. The number of hydrogen-bond acceptors (Lipinski definition) is 4. The average Bonchev–Trinajstić information content (AvgIpc) is 3.14. The average molecular weight is 490 g/mol. The maximum Gasteiger partial charge on any atom is 0.251 e. The summed E-state index contributed by atoms with van der Waals surface area (Å²) in [6.07, 6.45) is 1.11.